The molecule has 0 saturated carbocycles. The molecular formula is C13H17BrFNO. The zero-order chi connectivity index (χ0) is 12.3. The highest BCUT2D eigenvalue weighted by Crippen LogP contribution is 2.23. The van der Waals surface area contributed by atoms with Crippen LogP contribution < -0.4 is 5.73 Å². The van der Waals surface area contributed by atoms with Crippen LogP contribution in [0.3, 0.4) is 0 Å². The Bertz CT molecular complexity index is 380. The topological polar surface area (TPSA) is 35.2 Å². The van der Waals surface area contributed by atoms with Crippen molar-refractivity contribution in [3.05, 3.63) is 34.1 Å². The standard InChI is InChI=1S/C13H17BrFNO/c14-13-7-11(15)2-1-10(13)6-12(16)5-9-3-4-17-8-9/h1-2,7,9,12H,3-6,8,16H2. The Balaban J connectivity index is 1.90. The van der Waals surface area contributed by atoms with Gasteiger partial charge >= 0.3 is 0 Å². The molecule has 2 atom stereocenters. The average molecular weight is 302 g/mol. The summed E-state index contributed by atoms with van der Waals surface area (Å²) >= 11 is 3.37. The van der Waals surface area contributed by atoms with Crippen LogP contribution in [0, 0.1) is 11.7 Å². The predicted octanol–water partition coefficient (Wildman–Crippen LogP) is 2.88. The van der Waals surface area contributed by atoms with Gasteiger partial charge in [0.25, 0.3) is 0 Å². The van der Waals surface area contributed by atoms with Crippen molar-refractivity contribution >= 4 is 15.9 Å². The van der Waals surface area contributed by atoms with Crippen LogP contribution in [-0.2, 0) is 11.2 Å². The van der Waals surface area contributed by atoms with Gasteiger partial charge in [-0.1, -0.05) is 22.0 Å². The summed E-state index contributed by atoms with van der Waals surface area (Å²) in [6.45, 7) is 1.69. The van der Waals surface area contributed by atoms with Gasteiger partial charge in [0.05, 0.1) is 0 Å². The fourth-order valence-corrected chi connectivity index (χ4v) is 2.76. The highest BCUT2D eigenvalue weighted by atomic mass is 79.9. The first-order valence-electron chi connectivity index (χ1n) is 5.92. The minimum atomic E-state index is -0.224. The van der Waals surface area contributed by atoms with Crippen LogP contribution in [0.2, 0.25) is 0 Å². The Labute approximate surface area is 109 Å². The largest absolute Gasteiger partial charge is 0.381 e. The second-order valence-corrected chi connectivity index (χ2v) is 5.52. The average Bonchev–Trinajstić information content (AvgIpc) is 2.75. The molecule has 1 aliphatic rings. The second-order valence-electron chi connectivity index (χ2n) is 4.67. The van der Waals surface area contributed by atoms with Crippen molar-refractivity contribution < 1.29 is 9.13 Å². The third kappa shape index (κ3) is 3.76. The van der Waals surface area contributed by atoms with Crippen molar-refractivity contribution in [2.75, 3.05) is 13.2 Å². The van der Waals surface area contributed by atoms with Gasteiger partial charge in [-0.25, -0.2) is 4.39 Å². The lowest BCUT2D eigenvalue weighted by molar-refractivity contribution is 0.182. The predicted molar refractivity (Wildman–Crippen MR) is 69.3 cm³/mol. The summed E-state index contributed by atoms with van der Waals surface area (Å²) in [6, 6.07) is 4.87. The quantitative estimate of drug-likeness (QED) is 0.928. The lowest BCUT2D eigenvalue weighted by atomic mass is 9.95. The summed E-state index contributed by atoms with van der Waals surface area (Å²) in [7, 11) is 0. The van der Waals surface area contributed by atoms with Crippen molar-refractivity contribution in [3.8, 4) is 0 Å². The Morgan fingerprint density at radius 1 is 1.53 bits per heavy atom. The van der Waals surface area contributed by atoms with Crippen molar-refractivity contribution in [2.45, 2.75) is 25.3 Å². The van der Waals surface area contributed by atoms with Crippen molar-refractivity contribution in [3.63, 3.8) is 0 Å². The molecule has 0 spiro atoms. The van der Waals surface area contributed by atoms with Crippen molar-refractivity contribution in [1.29, 1.82) is 0 Å². The number of ether oxygens (including phenoxy) is 1. The highest BCUT2D eigenvalue weighted by Gasteiger charge is 2.19. The molecule has 2 rings (SSSR count). The number of rotatable bonds is 4. The minimum absolute atomic E-state index is 0.114. The minimum Gasteiger partial charge on any atom is -0.381 e. The third-order valence-electron chi connectivity index (χ3n) is 3.16. The molecule has 1 aromatic carbocycles. The van der Waals surface area contributed by atoms with Gasteiger partial charge in [-0.15, -0.1) is 0 Å². The van der Waals surface area contributed by atoms with Crippen LogP contribution >= 0.6 is 15.9 Å². The van der Waals surface area contributed by atoms with E-state index in [-0.39, 0.29) is 11.9 Å². The van der Waals surface area contributed by atoms with Crippen LogP contribution in [-0.4, -0.2) is 19.3 Å². The van der Waals surface area contributed by atoms with Crippen LogP contribution in [0.25, 0.3) is 0 Å². The number of benzene rings is 1. The molecule has 94 valence electrons. The zero-order valence-electron chi connectivity index (χ0n) is 9.66. The number of halogens is 2. The molecule has 0 aliphatic carbocycles. The molecule has 1 fully saturated rings. The van der Waals surface area contributed by atoms with E-state index in [1.54, 1.807) is 6.07 Å². The molecule has 2 nitrogen and oxygen atoms in total. The first-order valence-corrected chi connectivity index (χ1v) is 6.71. The van der Waals surface area contributed by atoms with Gasteiger partial charge in [0.2, 0.25) is 0 Å². The maximum absolute atomic E-state index is 12.9. The lowest BCUT2D eigenvalue weighted by Gasteiger charge is -2.16. The van der Waals surface area contributed by atoms with Crippen LogP contribution in [0.5, 0.6) is 0 Å². The van der Waals surface area contributed by atoms with E-state index >= 15 is 0 Å². The van der Waals surface area contributed by atoms with E-state index < -0.39 is 0 Å². The molecule has 2 unspecified atom stereocenters. The van der Waals surface area contributed by atoms with Gasteiger partial charge in [-0.3, -0.25) is 0 Å². The molecule has 17 heavy (non-hydrogen) atoms. The molecule has 1 aliphatic heterocycles. The number of hydrogen-bond donors (Lipinski definition) is 1. The molecule has 0 bridgehead atoms. The van der Waals surface area contributed by atoms with Gasteiger partial charge < -0.3 is 10.5 Å². The summed E-state index contributed by atoms with van der Waals surface area (Å²) in [5.74, 6) is 0.364. The summed E-state index contributed by atoms with van der Waals surface area (Å²) in [5, 5.41) is 0. The number of hydrogen-bond acceptors (Lipinski definition) is 2. The van der Waals surface area contributed by atoms with E-state index in [4.69, 9.17) is 10.5 Å². The van der Waals surface area contributed by atoms with E-state index in [2.05, 4.69) is 15.9 Å². The first kappa shape index (κ1) is 13.0. The third-order valence-corrected chi connectivity index (χ3v) is 3.90. The van der Waals surface area contributed by atoms with Crippen LogP contribution in [0.15, 0.2) is 22.7 Å². The fraction of sp³-hybridized carbons (Fsp3) is 0.538. The normalized spacial score (nSPS) is 21.7. The van der Waals surface area contributed by atoms with E-state index in [1.807, 2.05) is 0 Å². The summed E-state index contributed by atoms with van der Waals surface area (Å²) in [5.41, 5.74) is 7.19. The SMILES string of the molecule is NC(Cc1ccc(F)cc1Br)CC1CCOC1. The maximum Gasteiger partial charge on any atom is 0.124 e. The summed E-state index contributed by atoms with van der Waals surface area (Å²) < 4.78 is 19.1. The first-order chi connectivity index (χ1) is 8.15. The van der Waals surface area contributed by atoms with Gasteiger partial charge in [0.15, 0.2) is 0 Å². The van der Waals surface area contributed by atoms with Crippen molar-refractivity contribution in [1.82, 2.24) is 0 Å². The van der Waals surface area contributed by atoms with E-state index in [9.17, 15) is 4.39 Å². The lowest BCUT2D eigenvalue weighted by Crippen LogP contribution is -2.26. The Hall–Kier alpha value is -0.450. The van der Waals surface area contributed by atoms with Gasteiger partial charge in [0.1, 0.15) is 5.82 Å². The van der Waals surface area contributed by atoms with Gasteiger partial charge in [0, 0.05) is 23.7 Å². The monoisotopic (exact) mass is 301 g/mol. The Morgan fingerprint density at radius 3 is 3.00 bits per heavy atom. The second kappa shape index (κ2) is 5.94. The zero-order valence-corrected chi connectivity index (χ0v) is 11.2. The maximum atomic E-state index is 12.9. The molecule has 1 saturated heterocycles. The van der Waals surface area contributed by atoms with Crippen molar-refractivity contribution in [2.24, 2.45) is 11.7 Å². The molecule has 2 N–H and O–H groups in total. The molecule has 1 aromatic rings. The Kier molecular flexibility index (Phi) is 4.54. The molecule has 0 radical (unpaired) electrons. The van der Waals surface area contributed by atoms with E-state index in [0.717, 1.165) is 42.5 Å². The van der Waals surface area contributed by atoms with E-state index in [0.29, 0.717) is 5.92 Å². The van der Waals surface area contributed by atoms with Gasteiger partial charge in [-0.05, 0) is 42.9 Å². The molecule has 0 aromatic heterocycles. The smallest absolute Gasteiger partial charge is 0.124 e. The fourth-order valence-electron chi connectivity index (χ4n) is 2.25. The van der Waals surface area contributed by atoms with Gasteiger partial charge in [-0.2, -0.15) is 0 Å². The molecular weight excluding hydrogens is 285 g/mol. The van der Waals surface area contributed by atoms with Crippen LogP contribution in [0.4, 0.5) is 4.39 Å². The Morgan fingerprint density at radius 2 is 2.35 bits per heavy atom. The molecule has 0 amide bonds. The summed E-state index contributed by atoms with van der Waals surface area (Å²) in [4.78, 5) is 0. The summed E-state index contributed by atoms with van der Waals surface area (Å²) in [6.07, 6.45) is 2.86. The number of nitrogens with two attached hydrogens (primary N) is 1. The van der Waals surface area contributed by atoms with E-state index in [1.165, 1.54) is 12.1 Å². The molecule has 1 heterocycles. The van der Waals surface area contributed by atoms with Crippen LogP contribution in [0.1, 0.15) is 18.4 Å². The molecule has 4 heteroatoms. The highest BCUT2D eigenvalue weighted by molar-refractivity contribution is 9.10.